The molecule has 8 heteroatoms. The van der Waals surface area contributed by atoms with E-state index < -0.39 is 10.0 Å². The highest BCUT2D eigenvalue weighted by Gasteiger charge is 2.10. The zero-order valence-corrected chi connectivity index (χ0v) is 21.4. The molecule has 1 heterocycles. The van der Waals surface area contributed by atoms with E-state index in [2.05, 4.69) is 34.9 Å². The molecule has 7 nitrogen and oxygen atoms in total. The minimum atomic E-state index is -3.18. The molecule has 1 N–H and O–H groups in total. The van der Waals surface area contributed by atoms with Crippen LogP contribution in [0.15, 0.2) is 55.1 Å². The van der Waals surface area contributed by atoms with Crippen molar-refractivity contribution in [1.29, 1.82) is 5.26 Å². The SMILES string of the molecule is C=C/C=C(\C=C/COCCNS(C)(=O)=O)c1cc2ccc(OC)cc2n1CC.CC.CC#N. The molecule has 1 aromatic carbocycles. The van der Waals surface area contributed by atoms with Gasteiger partial charge in [-0.2, -0.15) is 5.26 Å². The summed E-state index contributed by atoms with van der Waals surface area (Å²) >= 11 is 0. The van der Waals surface area contributed by atoms with Crippen molar-refractivity contribution in [1.82, 2.24) is 9.29 Å². The molecule has 0 saturated carbocycles. The molecule has 0 aliphatic carbocycles. The van der Waals surface area contributed by atoms with Gasteiger partial charge in [-0.15, -0.1) is 0 Å². The van der Waals surface area contributed by atoms with E-state index in [1.54, 1.807) is 19.3 Å². The number of hydrogen-bond acceptors (Lipinski definition) is 5. The summed E-state index contributed by atoms with van der Waals surface area (Å²) in [6.45, 7) is 13.1. The number of ether oxygens (including phenoxy) is 2. The zero-order chi connectivity index (χ0) is 25.3. The quantitative estimate of drug-likeness (QED) is 0.368. The number of hydrogen-bond donors (Lipinski definition) is 1. The molecule has 0 fully saturated rings. The fourth-order valence-corrected chi connectivity index (χ4v) is 3.37. The molecule has 2 rings (SSSR count). The highest BCUT2D eigenvalue weighted by atomic mass is 32.2. The largest absolute Gasteiger partial charge is 0.497 e. The van der Waals surface area contributed by atoms with Gasteiger partial charge in [-0.1, -0.05) is 44.7 Å². The van der Waals surface area contributed by atoms with Crippen LogP contribution in [0.4, 0.5) is 0 Å². The Kier molecular flexibility index (Phi) is 15.3. The number of benzene rings is 1. The summed E-state index contributed by atoms with van der Waals surface area (Å²) < 4.78 is 37.4. The lowest BCUT2D eigenvalue weighted by Gasteiger charge is -2.09. The molecule has 0 amide bonds. The molecule has 0 saturated heterocycles. The summed E-state index contributed by atoms with van der Waals surface area (Å²) in [7, 11) is -1.51. The number of nitriles is 1. The van der Waals surface area contributed by atoms with Crippen LogP contribution in [0.1, 0.15) is 33.4 Å². The van der Waals surface area contributed by atoms with Gasteiger partial charge in [0.25, 0.3) is 0 Å². The van der Waals surface area contributed by atoms with E-state index in [1.165, 1.54) is 6.92 Å². The summed E-state index contributed by atoms with van der Waals surface area (Å²) in [5, 5.41) is 8.46. The molecular formula is C25H37N3O4S. The number of aryl methyl sites for hydroxylation is 1. The molecule has 182 valence electrons. The highest BCUT2D eigenvalue weighted by molar-refractivity contribution is 7.88. The van der Waals surface area contributed by atoms with Gasteiger partial charge < -0.3 is 14.0 Å². The average molecular weight is 476 g/mol. The van der Waals surface area contributed by atoms with Crippen LogP contribution in [0, 0.1) is 11.3 Å². The smallest absolute Gasteiger partial charge is 0.208 e. The number of allylic oxidation sites excluding steroid dienone is 4. The van der Waals surface area contributed by atoms with Crippen LogP contribution in [-0.2, 0) is 21.3 Å². The molecular weight excluding hydrogens is 438 g/mol. The second-order valence-electron chi connectivity index (χ2n) is 6.42. The maximum Gasteiger partial charge on any atom is 0.208 e. The standard InChI is InChI=1S/C21H28N2O4S.C2H3N.C2H6/c1-5-8-17(9-7-13-27-14-12-22-28(4,24)25)20-15-18-10-11-19(26-3)16-21(18)23(20)6-2;1-2-3;1-2/h5,7-11,15-16,22H,1,6,12-14H2,2-4H3;1H3;1-2H3/b9-7-,17-8+;;. The van der Waals surface area contributed by atoms with Gasteiger partial charge in [0.15, 0.2) is 0 Å². The first kappa shape index (κ1) is 30.1. The number of rotatable bonds is 11. The normalized spacial score (nSPS) is 11.2. The molecule has 0 spiro atoms. The third-order valence-electron chi connectivity index (χ3n) is 4.14. The van der Waals surface area contributed by atoms with Gasteiger partial charge in [0.05, 0.1) is 38.2 Å². The third kappa shape index (κ3) is 11.0. The van der Waals surface area contributed by atoms with Crippen molar-refractivity contribution < 1.29 is 17.9 Å². The van der Waals surface area contributed by atoms with Crippen molar-refractivity contribution in [2.75, 3.05) is 33.1 Å². The van der Waals surface area contributed by atoms with Crippen LogP contribution in [-0.4, -0.2) is 46.1 Å². The Labute approximate surface area is 199 Å². The Morgan fingerprint density at radius 1 is 1.30 bits per heavy atom. The van der Waals surface area contributed by atoms with Crippen LogP contribution in [0.2, 0.25) is 0 Å². The van der Waals surface area contributed by atoms with E-state index in [0.29, 0.717) is 13.2 Å². The van der Waals surface area contributed by atoms with E-state index >= 15 is 0 Å². The number of nitrogens with zero attached hydrogens (tertiary/aromatic N) is 2. The van der Waals surface area contributed by atoms with Crippen molar-refractivity contribution in [3.63, 3.8) is 0 Å². The summed E-state index contributed by atoms with van der Waals surface area (Å²) in [5.74, 6) is 0.827. The fraction of sp³-hybridized carbons (Fsp3) is 0.400. The topological polar surface area (TPSA) is 93.3 Å². The summed E-state index contributed by atoms with van der Waals surface area (Å²) in [6.07, 6.45) is 8.74. The van der Waals surface area contributed by atoms with Gasteiger partial charge in [0, 0.05) is 37.2 Å². The lowest BCUT2D eigenvalue weighted by atomic mass is 10.1. The monoisotopic (exact) mass is 475 g/mol. The Hall–Kier alpha value is -2.86. The maximum atomic E-state index is 11.0. The lowest BCUT2D eigenvalue weighted by molar-refractivity contribution is 0.168. The van der Waals surface area contributed by atoms with Crippen molar-refractivity contribution in [2.24, 2.45) is 0 Å². The van der Waals surface area contributed by atoms with Crippen LogP contribution < -0.4 is 9.46 Å². The molecule has 33 heavy (non-hydrogen) atoms. The summed E-state index contributed by atoms with van der Waals surface area (Å²) in [5.41, 5.74) is 3.22. The molecule has 0 aliphatic heterocycles. The van der Waals surface area contributed by atoms with Crippen LogP contribution in [0.25, 0.3) is 16.5 Å². The van der Waals surface area contributed by atoms with Crippen molar-refractivity contribution in [3.8, 4) is 11.8 Å². The van der Waals surface area contributed by atoms with Gasteiger partial charge in [-0.05, 0) is 30.7 Å². The zero-order valence-electron chi connectivity index (χ0n) is 20.6. The number of fused-ring (bicyclic) bond motifs is 1. The minimum absolute atomic E-state index is 0.258. The maximum absolute atomic E-state index is 11.0. The second-order valence-corrected chi connectivity index (χ2v) is 8.26. The molecule has 0 unspecified atom stereocenters. The highest BCUT2D eigenvalue weighted by Crippen LogP contribution is 2.29. The van der Waals surface area contributed by atoms with Crippen molar-refractivity contribution in [2.45, 2.75) is 34.2 Å². The summed E-state index contributed by atoms with van der Waals surface area (Å²) in [4.78, 5) is 0. The molecule has 0 bridgehead atoms. The number of nitrogens with one attached hydrogen (secondary N) is 1. The predicted octanol–water partition coefficient (Wildman–Crippen LogP) is 4.92. The van der Waals surface area contributed by atoms with Gasteiger partial charge in [0.1, 0.15) is 5.75 Å². The lowest BCUT2D eigenvalue weighted by Crippen LogP contribution is -2.25. The Balaban J connectivity index is 0.00000189. The first-order valence-corrected chi connectivity index (χ1v) is 12.7. The molecule has 0 aliphatic rings. The van der Waals surface area contributed by atoms with E-state index in [4.69, 9.17) is 14.7 Å². The van der Waals surface area contributed by atoms with E-state index in [1.807, 2.05) is 44.2 Å². The summed E-state index contributed by atoms with van der Waals surface area (Å²) in [6, 6.07) is 9.94. The minimum Gasteiger partial charge on any atom is -0.497 e. The van der Waals surface area contributed by atoms with Gasteiger partial charge in [-0.25, -0.2) is 13.1 Å². The average Bonchev–Trinajstić information content (AvgIpc) is 3.16. The van der Waals surface area contributed by atoms with Crippen LogP contribution in [0.3, 0.4) is 0 Å². The Bertz CT molecular complexity index is 1060. The van der Waals surface area contributed by atoms with Gasteiger partial charge >= 0.3 is 0 Å². The van der Waals surface area contributed by atoms with E-state index in [9.17, 15) is 8.42 Å². The Morgan fingerprint density at radius 2 is 1.97 bits per heavy atom. The second kappa shape index (κ2) is 16.7. The Morgan fingerprint density at radius 3 is 2.52 bits per heavy atom. The molecule has 1 aromatic heterocycles. The first-order chi connectivity index (χ1) is 15.8. The fourth-order valence-electron chi connectivity index (χ4n) is 2.92. The van der Waals surface area contributed by atoms with E-state index in [0.717, 1.165) is 40.7 Å². The number of sulfonamides is 1. The van der Waals surface area contributed by atoms with Crippen molar-refractivity contribution in [3.05, 3.63) is 60.8 Å². The molecule has 0 atom stereocenters. The van der Waals surface area contributed by atoms with Crippen LogP contribution in [0.5, 0.6) is 5.75 Å². The van der Waals surface area contributed by atoms with Crippen LogP contribution >= 0.6 is 0 Å². The first-order valence-electron chi connectivity index (χ1n) is 10.8. The third-order valence-corrected chi connectivity index (χ3v) is 4.87. The van der Waals surface area contributed by atoms with Gasteiger partial charge in [0.2, 0.25) is 10.0 Å². The molecule has 0 radical (unpaired) electrons. The number of aromatic nitrogens is 1. The molecule has 2 aromatic rings. The van der Waals surface area contributed by atoms with Crippen molar-refractivity contribution >= 4 is 26.5 Å². The number of methoxy groups -OCH3 is 1. The van der Waals surface area contributed by atoms with Gasteiger partial charge in [-0.3, -0.25) is 0 Å². The predicted molar refractivity (Wildman–Crippen MR) is 138 cm³/mol. The van der Waals surface area contributed by atoms with E-state index in [-0.39, 0.29) is 6.54 Å².